The van der Waals surface area contributed by atoms with Gasteiger partial charge < -0.3 is 31.9 Å². The summed E-state index contributed by atoms with van der Waals surface area (Å²) in [4.78, 5) is 46.9. The molecule has 0 fully saturated rings. The first-order valence-corrected chi connectivity index (χ1v) is 8.05. The molecule has 10 nitrogen and oxygen atoms in total. The van der Waals surface area contributed by atoms with Crippen LogP contribution in [0.4, 0.5) is 0 Å². The molecule has 0 aliphatic heterocycles. The molecule has 144 valence electrons. The number of carboxylic acids is 1. The lowest BCUT2D eigenvalue weighted by molar-refractivity contribution is -0.141. The molecule has 0 aromatic heterocycles. The second-order valence-electron chi connectivity index (χ2n) is 5.96. The normalized spacial score (nSPS) is 16.7. The van der Waals surface area contributed by atoms with Crippen molar-refractivity contribution in [2.24, 2.45) is 11.7 Å². The van der Waals surface area contributed by atoms with E-state index in [1.165, 1.54) is 13.8 Å². The maximum atomic E-state index is 12.4. The summed E-state index contributed by atoms with van der Waals surface area (Å²) < 4.78 is 0. The third kappa shape index (κ3) is 7.48. The first kappa shape index (κ1) is 22.8. The van der Waals surface area contributed by atoms with Gasteiger partial charge >= 0.3 is 5.97 Å². The van der Waals surface area contributed by atoms with Crippen LogP contribution in [0.5, 0.6) is 0 Å². The van der Waals surface area contributed by atoms with Crippen LogP contribution in [0, 0.1) is 5.92 Å². The molecular formula is C15H28N4O6. The Morgan fingerprint density at radius 1 is 0.920 bits per heavy atom. The monoisotopic (exact) mass is 360 g/mol. The highest BCUT2D eigenvalue weighted by atomic mass is 16.4. The van der Waals surface area contributed by atoms with Crippen molar-refractivity contribution < 1.29 is 29.4 Å². The Hall–Kier alpha value is -2.20. The zero-order chi connectivity index (χ0) is 19.7. The average molecular weight is 360 g/mol. The summed E-state index contributed by atoms with van der Waals surface area (Å²) >= 11 is 0. The van der Waals surface area contributed by atoms with Crippen molar-refractivity contribution in [1.82, 2.24) is 16.0 Å². The van der Waals surface area contributed by atoms with E-state index in [0.717, 1.165) is 0 Å². The Balaban J connectivity index is 4.93. The molecule has 0 aromatic carbocycles. The number of nitrogens with two attached hydrogens (primary N) is 1. The molecule has 0 spiro atoms. The molecule has 0 rings (SSSR count). The Morgan fingerprint density at radius 3 is 1.88 bits per heavy atom. The topological polar surface area (TPSA) is 171 Å². The molecule has 0 aliphatic carbocycles. The number of carbonyl (C=O) groups excluding carboxylic acids is 3. The van der Waals surface area contributed by atoms with Crippen LogP contribution in [-0.4, -0.2) is 64.7 Å². The van der Waals surface area contributed by atoms with Crippen molar-refractivity contribution in [3.8, 4) is 0 Å². The van der Waals surface area contributed by atoms with Crippen LogP contribution in [0.15, 0.2) is 0 Å². The summed E-state index contributed by atoms with van der Waals surface area (Å²) in [7, 11) is 0. The number of hydrogen-bond donors (Lipinski definition) is 6. The lowest BCUT2D eigenvalue weighted by atomic mass is 9.97. The van der Waals surface area contributed by atoms with Gasteiger partial charge in [0.2, 0.25) is 17.7 Å². The summed E-state index contributed by atoms with van der Waals surface area (Å²) in [6.07, 6.45) is 0.573. The number of aliphatic hydroxyl groups excluding tert-OH is 1. The van der Waals surface area contributed by atoms with E-state index in [9.17, 15) is 19.2 Å². The van der Waals surface area contributed by atoms with Crippen LogP contribution in [-0.2, 0) is 19.2 Å². The van der Waals surface area contributed by atoms with Gasteiger partial charge in [0.15, 0.2) is 0 Å². The maximum Gasteiger partial charge on any atom is 0.325 e. The minimum absolute atomic E-state index is 0.247. The quantitative estimate of drug-likeness (QED) is 0.260. The number of nitrogens with one attached hydrogen (secondary N) is 3. The molecule has 7 N–H and O–H groups in total. The largest absolute Gasteiger partial charge is 0.480 e. The number of carbonyl (C=O) groups is 4. The van der Waals surface area contributed by atoms with Crippen LogP contribution in [0.25, 0.3) is 0 Å². The van der Waals surface area contributed by atoms with Gasteiger partial charge in [0.25, 0.3) is 0 Å². The third-order valence-corrected chi connectivity index (χ3v) is 3.81. The summed E-state index contributed by atoms with van der Waals surface area (Å²) in [5.74, 6) is -3.39. The van der Waals surface area contributed by atoms with E-state index in [2.05, 4.69) is 16.0 Å². The van der Waals surface area contributed by atoms with E-state index in [4.69, 9.17) is 15.9 Å². The van der Waals surface area contributed by atoms with Crippen molar-refractivity contribution >= 4 is 23.7 Å². The minimum Gasteiger partial charge on any atom is -0.480 e. The molecule has 0 radical (unpaired) electrons. The highest BCUT2D eigenvalue weighted by Crippen LogP contribution is 2.08. The number of hydrogen-bond acceptors (Lipinski definition) is 6. The second kappa shape index (κ2) is 10.6. The molecule has 5 atom stereocenters. The summed E-state index contributed by atoms with van der Waals surface area (Å²) in [6.45, 7) is 5.70. The van der Waals surface area contributed by atoms with E-state index in [0.29, 0.717) is 6.42 Å². The molecule has 3 amide bonds. The van der Waals surface area contributed by atoms with Gasteiger partial charge in [-0.15, -0.1) is 0 Å². The molecule has 0 aromatic rings. The standard InChI is InChI=1S/C15H28N4O6/c1-5-7(2)11(19-13(22)10(16)6-20)14(23)17-8(3)12(21)18-9(4)15(24)25/h7-11,20H,5-6,16H2,1-4H3,(H,17,23)(H,18,21)(H,19,22)(H,24,25). The van der Waals surface area contributed by atoms with Gasteiger partial charge in [-0.1, -0.05) is 20.3 Å². The van der Waals surface area contributed by atoms with E-state index < -0.39 is 54.5 Å². The zero-order valence-corrected chi connectivity index (χ0v) is 14.9. The third-order valence-electron chi connectivity index (χ3n) is 3.81. The predicted molar refractivity (Wildman–Crippen MR) is 89.3 cm³/mol. The van der Waals surface area contributed by atoms with E-state index >= 15 is 0 Å². The van der Waals surface area contributed by atoms with Crippen molar-refractivity contribution in [1.29, 1.82) is 0 Å². The molecule has 0 saturated heterocycles. The van der Waals surface area contributed by atoms with Crippen LogP contribution < -0.4 is 21.7 Å². The fourth-order valence-electron chi connectivity index (χ4n) is 1.81. The number of amides is 3. The zero-order valence-electron chi connectivity index (χ0n) is 14.9. The van der Waals surface area contributed by atoms with Crippen molar-refractivity contribution in [3.05, 3.63) is 0 Å². The van der Waals surface area contributed by atoms with Gasteiger partial charge in [-0.2, -0.15) is 0 Å². The van der Waals surface area contributed by atoms with Gasteiger partial charge in [-0.3, -0.25) is 19.2 Å². The van der Waals surface area contributed by atoms with Crippen LogP contribution in [0.3, 0.4) is 0 Å². The average Bonchev–Trinajstić information content (AvgIpc) is 2.57. The summed E-state index contributed by atoms with van der Waals surface area (Å²) in [6, 6.07) is -4.19. The molecular weight excluding hydrogens is 332 g/mol. The Bertz CT molecular complexity index is 498. The Labute approximate surface area is 146 Å². The van der Waals surface area contributed by atoms with Crippen molar-refractivity contribution in [2.45, 2.75) is 58.3 Å². The van der Waals surface area contributed by atoms with Gasteiger partial charge in [0.1, 0.15) is 24.2 Å². The van der Waals surface area contributed by atoms with Crippen molar-refractivity contribution in [3.63, 3.8) is 0 Å². The summed E-state index contributed by atoms with van der Waals surface area (Å²) in [5.41, 5.74) is 5.43. The molecule has 0 aliphatic rings. The van der Waals surface area contributed by atoms with Gasteiger partial charge in [-0.25, -0.2) is 0 Å². The Kier molecular flexibility index (Phi) is 9.69. The number of rotatable bonds is 10. The number of aliphatic carboxylic acids is 1. The SMILES string of the molecule is CCC(C)C(NC(=O)C(N)CO)C(=O)NC(C)C(=O)NC(C)C(=O)O. The predicted octanol–water partition coefficient (Wildman–Crippen LogP) is -2.07. The summed E-state index contributed by atoms with van der Waals surface area (Å²) in [5, 5.41) is 24.8. The minimum atomic E-state index is -1.20. The molecule has 5 unspecified atom stereocenters. The lowest BCUT2D eigenvalue weighted by Crippen LogP contribution is -2.58. The molecule has 25 heavy (non-hydrogen) atoms. The van der Waals surface area contributed by atoms with E-state index in [-0.39, 0.29) is 5.92 Å². The fraction of sp³-hybridized carbons (Fsp3) is 0.733. The van der Waals surface area contributed by atoms with Gasteiger partial charge in [0.05, 0.1) is 6.61 Å². The Morgan fingerprint density at radius 2 is 1.44 bits per heavy atom. The fourth-order valence-corrected chi connectivity index (χ4v) is 1.81. The molecule has 0 saturated carbocycles. The highest BCUT2D eigenvalue weighted by molar-refractivity contribution is 5.93. The second-order valence-corrected chi connectivity index (χ2v) is 5.96. The maximum absolute atomic E-state index is 12.4. The van der Waals surface area contributed by atoms with E-state index in [1.54, 1.807) is 6.92 Å². The first-order valence-electron chi connectivity index (χ1n) is 8.05. The number of carboxylic acid groups (broad SMARTS) is 1. The van der Waals surface area contributed by atoms with Gasteiger partial charge in [-0.05, 0) is 19.8 Å². The lowest BCUT2D eigenvalue weighted by Gasteiger charge is -2.26. The van der Waals surface area contributed by atoms with Crippen LogP contribution in [0.2, 0.25) is 0 Å². The molecule has 0 heterocycles. The van der Waals surface area contributed by atoms with Crippen molar-refractivity contribution in [2.75, 3.05) is 6.61 Å². The molecule has 10 heteroatoms. The smallest absolute Gasteiger partial charge is 0.325 e. The highest BCUT2D eigenvalue weighted by Gasteiger charge is 2.30. The van der Waals surface area contributed by atoms with Crippen LogP contribution >= 0.6 is 0 Å². The van der Waals surface area contributed by atoms with Crippen LogP contribution in [0.1, 0.15) is 34.1 Å². The molecule has 0 bridgehead atoms. The van der Waals surface area contributed by atoms with E-state index in [1.807, 2.05) is 6.92 Å². The van der Waals surface area contributed by atoms with Gasteiger partial charge in [0, 0.05) is 0 Å². The first-order chi connectivity index (χ1) is 11.5. The number of aliphatic hydroxyl groups is 1.